The van der Waals surface area contributed by atoms with Gasteiger partial charge in [-0.25, -0.2) is 14.2 Å². The van der Waals surface area contributed by atoms with Gasteiger partial charge in [0.25, 0.3) is 0 Å². The van der Waals surface area contributed by atoms with Crippen LogP contribution in [0.1, 0.15) is 18.4 Å². The van der Waals surface area contributed by atoms with Crippen molar-refractivity contribution in [3.8, 4) is 17.1 Å². The normalized spacial score (nSPS) is 15.1. The molecule has 0 spiro atoms. The van der Waals surface area contributed by atoms with Gasteiger partial charge in [0, 0.05) is 12.1 Å². The van der Waals surface area contributed by atoms with Crippen molar-refractivity contribution < 1.29 is 23.5 Å². The number of nitrogens with one attached hydrogen (secondary N) is 1. The van der Waals surface area contributed by atoms with Crippen LogP contribution in [-0.4, -0.2) is 41.6 Å². The van der Waals surface area contributed by atoms with Gasteiger partial charge in [-0.3, -0.25) is 9.69 Å². The number of aromatic nitrogens is 1. The minimum atomic E-state index is -0.727. The van der Waals surface area contributed by atoms with Crippen molar-refractivity contribution in [2.24, 2.45) is 0 Å². The van der Waals surface area contributed by atoms with E-state index in [4.69, 9.17) is 21.1 Å². The standard InChI is InChI=1S/C25H23ClFN3O4/c1-33-24-22(18(26)14-20(28-24)17-10-5-6-11-19(17)27)29-23(31)21-12-7-13-30(21)25(32)34-15-16-8-3-2-4-9-16/h2-6,8-11,14,21H,7,12-13,15H2,1H3,(H,29,31)/t21-/m1/s1. The Morgan fingerprint density at radius 3 is 2.65 bits per heavy atom. The minimum absolute atomic E-state index is 0.0373. The lowest BCUT2D eigenvalue weighted by atomic mass is 10.1. The number of halogens is 2. The summed E-state index contributed by atoms with van der Waals surface area (Å²) in [6.07, 6.45) is 0.577. The maximum absolute atomic E-state index is 14.2. The summed E-state index contributed by atoms with van der Waals surface area (Å²) in [5.41, 5.74) is 1.53. The Labute approximate surface area is 201 Å². The molecule has 0 saturated carbocycles. The molecule has 1 aliphatic heterocycles. The first-order valence-corrected chi connectivity index (χ1v) is 11.1. The van der Waals surface area contributed by atoms with Crippen LogP contribution in [0.15, 0.2) is 60.7 Å². The topological polar surface area (TPSA) is 80.8 Å². The summed E-state index contributed by atoms with van der Waals surface area (Å²) in [6, 6.07) is 16.2. The molecule has 34 heavy (non-hydrogen) atoms. The fourth-order valence-electron chi connectivity index (χ4n) is 3.83. The number of hydrogen-bond acceptors (Lipinski definition) is 5. The lowest BCUT2D eigenvalue weighted by Gasteiger charge is -2.24. The van der Waals surface area contributed by atoms with Crippen molar-refractivity contribution in [3.05, 3.63) is 77.1 Å². The van der Waals surface area contributed by atoms with Gasteiger partial charge in [-0.15, -0.1) is 0 Å². The zero-order chi connectivity index (χ0) is 24.1. The van der Waals surface area contributed by atoms with Crippen LogP contribution < -0.4 is 10.1 Å². The number of anilines is 1. The van der Waals surface area contributed by atoms with Gasteiger partial charge in [0.1, 0.15) is 24.2 Å². The Balaban J connectivity index is 1.49. The van der Waals surface area contributed by atoms with E-state index in [1.54, 1.807) is 18.2 Å². The van der Waals surface area contributed by atoms with E-state index < -0.39 is 23.9 Å². The third-order valence-corrected chi connectivity index (χ3v) is 5.82. The Morgan fingerprint density at radius 1 is 1.18 bits per heavy atom. The van der Waals surface area contributed by atoms with Gasteiger partial charge in [-0.1, -0.05) is 54.1 Å². The zero-order valence-electron chi connectivity index (χ0n) is 18.5. The molecule has 4 rings (SSSR count). The number of methoxy groups -OCH3 is 1. The van der Waals surface area contributed by atoms with Crippen molar-refractivity contribution >= 4 is 29.3 Å². The predicted octanol–water partition coefficient (Wildman–Crippen LogP) is 5.29. The Morgan fingerprint density at radius 2 is 1.91 bits per heavy atom. The van der Waals surface area contributed by atoms with Gasteiger partial charge >= 0.3 is 6.09 Å². The molecule has 0 unspecified atom stereocenters. The number of carbonyl (C=O) groups is 2. The molecule has 3 aromatic rings. The van der Waals surface area contributed by atoms with E-state index in [1.807, 2.05) is 30.3 Å². The van der Waals surface area contributed by atoms with Gasteiger partial charge in [0.05, 0.1) is 17.8 Å². The number of hydrogen-bond donors (Lipinski definition) is 1. The third kappa shape index (κ3) is 5.12. The molecule has 176 valence electrons. The first-order chi connectivity index (χ1) is 16.5. The lowest BCUT2D eigenvalue weighted by molar-refractivity contribution is -0.120. The van der Waals surface area contributed by atoms with Crippen LogP contribution in [0.2, 0.25) is 5.02 Å². The molecule has 0 aliphatic carbocycles. The molecule has 1 saturated heterocycles. The number of carbonyl (C=O) groups excluding carboxylic acids is 2. The van der Waals surface area contributed by atoms with Crippen molar-refractivity contribution in [1.82, 2.24) is 9.88 Å². The van der Waals surface area contributed by atoms with Crippen LogP contribution in [0.25, 0.3) is 11.3 Å². The molecule has 2 aromatic carbocycles. The van der Waals surface area contributed by atoms with Crippen LogP contribution in [0, 0.1) is 5.82 Å². The molecule has 0 bridgehead atoms. The number of ether oxygens (including phenoxy) is 2. The van der Waals surface area contributed by atoms with E-state index in [1.165, 1.54) is 24.1 Å². The average Bonchev–Trinajstić information content (AvgIpc) is 3.35. The molecular weight excluding hydrogens is 461 g/mol. The van der Waals surface area contributed by atoms with Crippen molar-refractivity contribution in [3.63, 3.8) is 0 Å². The highest BCUT2D eigenvalue weighted by atomic mass is 35.5. The molecule has 7 nitrogen and oxygen atoms in total. The SMILES string of the molecule is COc1nc(-c2ccccc2F)cc(Cl)c1NC(=O)[C@H]1CCCN1C(=O)OCc1ccccc1. The second-order valence-electron chi connectivity index (χ2n) is 7.73. The van der Waals surface area contributed by atoms with Crippen LogP contribution in [0.4, 0.5) is 14.9 Å². The minimum Gasteiger partial charge on any atom is -0.479 e. The van der Waals surface area contributed by atoms with Crippen LogP contribution in [0.3, 0.4) is 0 Å². The van der Waals surface area contributed by atoms with Crippen molar-refractivity contribution in [2.45, 2.75) is 25.5 Å². The van der Waals surface area contributed by atoms with E-state index >= 15 is 0 Å². The van der Waals surface area contributed by atoms with Gasteiger partial charge < -0.3 is 14.8 Å². The maximum atomic E-state index is 14.2. The van der Waals surface area contributed by atoms with Gasteiger partial charge in [-0.05, 0) is 36.6 Å². The molecule has 1 fully saturated rings. The van der Waals surface area contributed by atoms with Gasteiger partial charge in [0.2, 0.25) is 11.8 Å². The first-order valence-electron chi connectivity index (χ1n) is 10.8. The molecular formula is C25H23ClFN3O4. The fourth-order valence-corrected chi connectivity index (χ4v) is 4.06. The summed E-state index contributed by atoms with van der Waals surface area (Å²) in [6.45, 7) is 0.520. The number of benzene rings is 2. The summed E-state index contributed by atoms with van der Waals surface area (Å²) in [5.74, 6) is -0.856. The lowest BCUT2D eigenvalue weighted by Crippen LogP contribution is -2.43. The fraction of sp³-hybridized carbons (Fsp3) is 0.240. The van der Waals surface area contributed by atoms with E-state index in [-0.39, 0.29) is 34.5 Å². The summed E-state index contributed by atoms with van der Waals surface area (Å²) in [4.78, 5) is 31.4. The first kappa shape index (κ1) is 23.5. The number of nitrogens with zero attached hydrogens (tertiary/aromatic N) is 2. The number of amides is 2. The van der Waals surface area contributed by atoms with Crippen LogP contribution in [-0.2, 0) is 16.1 Å². The zero-order valence-corrected chi connectivity index (χ0v) is 19.2. The molecule has 2 heterocycles. The second-order valence-corrected chi connectivity index (χ2v) is 8.14. The predicted molar refractivity (Wildman–Crippen MR) is 126 cm³/mol. The number of pyridine rings is 1. The molecule has 2 amide bonds. The maximum Gasteiger partial charge on any atom is 0.410 e. The molecule has 9 heteroatoms. The van der Waals surface area contributed by atoms with Gasteiger partial charge in [-0.2, -0.15) is 0 Å². The highest BCUT2D eigenvalue weighted by Crippen LogP contribution is 2.36. The van der Waals surface area contributed by atoms with E-state index in [0.717, 1.165) is 5.56 Å². The Bertz CT molecular complexity index is 1190. The second kappa shape index (κ2) is 10.5. The van der Waals surface area contributed by atoms with E-state index in [9.17, 15) is 14.0 Å². The van der Waals surface area contributed by atoms with Crippen LogP contribution >= 0.6 is 11.6 Å². The summed E-state index contributed by atoms with van der Waals surface area (Å²) < 4.78 is 24.9. The third-order valence-electron chi connectivity index (χ3n) is 5.52. The smallest absolute Gasteiger partial charge is 0.410 e. The van der Waals surface area contributed by atoms with Crippen molar-refractivity contribution in [1.29, 1.82) is 0 Å². The summed E-state index contributed by atoms with van der Waals surface area (Å²) in [5, 5.41) is 2.86. The monoisotopic (exact) mass is 483 g/mol. The molecule has 1 aliphatic rings. The molecule has 1 aromatic heterocycles. The van der Waals surface area contributed by atoms with E-state index in [0.29, 0.717) is 19.4 Å². The Hall–Kier alpha value is -3.65. The molecule has 1 N–H and O–H groups in total. The highest BCUT2D eigenvalue weighted by molar-refractivity contribution is 6.34. The van der Waals surface area contributed by atoms with Gasteiger partial charge in [0.15, 0.2) is 0 Å². The van der Waals surface area contributed by atoms with Crippen LogP contribution in [0.5, 0.6) is 5.88 Å². The molecule has 1 atom stereocenters. The summed E-state index contributed by atoms with van der Waals surface area (Å²) >= 11 is 6.42. The largest absolute Gasteiger partial charge is 0.479 e. The quantitative estimate of drug-likeness (QED) is 0.515. The number of likely N-dealkylation sites (tertiary alicyclic amines) is 1. The average molecular weight is 484 g/mol. The summed E-state index contributed by atoms with van der Waals surface area (Å²) in [7, 11) is 1.38. The number of rotatable bonds is 6. The Kier molecular flexibility index (Phi) is 7.27. The molecule has 0 radical (unpaired) electrons. The van der Waals surface area contributed by atoms with E-state index in [2.05, 4.69) is 10.3 Å². The highest BCUT2D eigenvalue weighted by Gasteiger charge is 2.36. The van der Waals surface area contributed by atoms with Crippen molar-refractivity contribution in [2.75, 3.05) is 19.0 Å².